The lowest BCUT2D eigenvalue weighted by Crippen LogP contribution is -2.42. The fraction of sp³-hybridized carbons (Fsp3) is 0.917. The van der Waals surface area contributed by atoms with Crippen LogP contribution in [0.25, 0.3) is 0 Å². The maximum Gasteiger partial charge on any atom is 0.236 e. The molecule has 1 saturated heterocycles. The number of hydrogen-bond donors (Lipinski definition) is 1. The Morgan fingerprint density at radius 3 is 2.50 bits per heavy atom. The molecular formula is C12H25N3O. The summed E-state index contributed by atoms with van der Waals surface area (Å²) in [6.07, 6.45) is 3.29. The van der Waals surface area contributed by atoms with E-state index in [0.29, 0.717) is 19.1 Å². The van der Waals surface area contributed by atoms with Crippen LogP contribution in [0.3, 0.4) is 0 Å². The predicted molar refractivity (Wildman–Crippen MR) is 66.2 cm³/mol. The predicted octanol–water partition coefficient (Wildman–Crippen LogP) is 0.668. The molecule has 1 heterocycles. The van der Waals surface area contributed by atoms with Gasteiger partial charge >= 0.3 is 0 Å². The molecule has 0 aromatic heterocycles. The molecular weight excluding hydrogens is 202 g/mol. The maximum absolute atomic E-state index is 12.0. The average molecular weight is 227 g/mol. The van der Waals surface area contributed by atoms with Crippen molar-refractivity contribution in [3.05, 3.63) is 0 Å². The molecule has 4 nitrogen and oxygen atoms in total. The van der Waals surface area contributed by atoms with Crippen LogP contribution in [0.5, 0.6) is 0 Å². The van der Waals surface area contributed by atoms with Gasteiger partial charge in [0.05, 0.1) is 6.54 Å². The Morgan fingerprint density at radius 2 is 2.00 bits per heavy atom. The first-order valence-electron chi connectivity index (χ1n) is 6.37. The lowest BCUT2D eigenvalue weighted by atomic mass is 10.2. The van der Waals surface area contributed by atoms with Gasteiger partial charge in [-0.15, -0.1) is 0 Å². The Labute approximate surface area is 98.8 Å². The quantitative estimate of drug-likeness (QED) is 0.725. The first-order valence-corrected chi connectivity index (χ1v) is 6.37. The zero-order valence-corrected chi connectivity index (χ0v) is 10.6. The lowest BCUT2D eigenvalue weighted by Gasteiger charge is -2.27. The number of rotatable bonds is 6. The van der Waals surface area contributed by atoms with Gasteiger partial charge in [0.25, 0.3) is 0 Å². The highest BCUT2D eigenvalue weighted by Crippen LogP contribution is 2.09. The van der Waals surface area contributed by atoms with Crippen molar-refractivity contribution in [1.29, 1.82) is 0 Å². The second-order valence-corrected chi connectivity index (χ2v) is 4.79. The van der Waals surface area contributed by atoms with Crippen molar-refractivity contribution in [2.24, 2.45) is 5.73 Å². The number of hydrogen-bond acceptors (Lipinski definition) is 3. The summed E-state index contributed by atoms with van der Waals surface area (Å²) in [6.45, 7) is 8.33. The molecule has 16 heavy (non-hydrogen) atoms. The summed E-state index contributed by atoms with van der Waals surface area (Å²) in [5.74, 6) is 0.281. The van der Waals surface area contributed by atoms with E-state index in [2.05, 4.69) is 18.7 Å². The Balaban J connectivity index is 2.37. The van der Waals surface area contributed by atoms with Crippen LogP contribution >= 0.6 is 0 Å². The van der Waals surface area contributed by atoms with Gasteiger partial charge in [0.15, 0.2) is 0 Å². The molecule has 1 amide bonds. The van der Waals surface area contributed by atoms with Gasteiger partial charge < -0.3 is 10.6 Å². The molecule has 1 fully saturated rings. The van der Waals surface area contributed by atoms with Gasteiger partial charge in [0, 0.05) is 25.7 Å². The van der Waals surface area contributed by atoms with E-state index in [4.69, 9.17) is 5.73 Å². The molecule has 0 aromatic carbocycles. The Hall–Kier alpha value is -0.610. The Kier molecular flexibility index (Phi) is 5.77. The van der Waals surface area contributed by atoms with Crippen LogP contribution in [0.2, 0.25) is 0 Å². The molecule has 4 heteroatoms. The number of likely N-dealkylation sites (tertiary alicyclic amines) is 1. The molecule has 0 aromatic rings. The number of amides is 1. The average Bonchev–Trinajstić information content (AvgIpc) is 2.76. The second kappa shape index (κ2) is 6.86. The molecule has 0 radical (unpaired) electrons. The van der Waals surface area contributed by atoms with Gasteiger partial charge in [0.2, 0.25) is 5.91 Å². The smallest absolute Gasteiger partial charge is 0.236 e. The van der Waals surface area contributed by atoms with Crippen LogP contribution < -0.4 is 5.73 Å². The van der Waals surface area contributed by atoms with Crippen LogP contribution in [-0.4, -0.2) is 54.5 Å². The van der Waals surface area contributed by atoms with Crippen molar-refractivity contribution in [1.82, 2.24) is 9.80 Å². The summed E-state index contributed by atoms with van der Waals surface area (Å²) in [5.41, 5.74) is 5.51. The van der Waals surface area contributed by atoms with E-state index >= 15 is 0 Å². The fourth-order valence-corrected chi connectivity index (χ4v) is 2.05. The van der Waals surface area contributed by atoms with Crippen molar-refractivity contribution >= 4 is 5.91 Å². The van der Waals surface area contributed by atoms with E-state index in [-0.39, 0.29) is 5.91 Å². The molecule has 1 aliphatic heterocycles. The van der Waals surface area contributed by atoms with Crippen molar-refractivity contribution in [3.8, 4) is 0 Å². The molecule has 0 aliphatic carbocycles. The van der Waals surface area contributed by atoms with Gasteiger partial charge in [0.1, 0.15) is 0 Å². The van der Waals surface area contributed by atoms with E-state index in [1.165, 1.54) is 0 Å². The summed E-state index contributed by atoms with van der Waals surface area (Å²) in [4.78, 5) is 16.2. The van der Waals surface area contributed by atoms with Gasteiger partial charge in [-0.3, -0.25) is 9.69 Å². The van der Waals surface area contributed by atoms with Gasteiger partial charge in [-0.1, -0.05) is 0 Å². The van der Waals surface area contributed by atoms with Crippen LogP contribution in [0.4, 0.5) is 0 Å². The van der Waals surface area contributed by atoms with E-state index in [1.54, 1.807) is 0 Å². The van der Waals surface area contributed by atoms with Gasteiger partial charge in [-0.05, 0) is 39.7 Å². The van der Waals surface area contributed by atoms with Crippen molar-refractivity contribution in [3.63, 3.8) is 0 Å². The summed E-state index contributed by atoms with van der Waals surface area (Å²) < 4.78 is 0. The van der Waals surface area contributed by atoms with Crippen molar-refractivity contribution in [2.45, 2.75) is 39.2 Å². The van der Waals surface area contributed by atoms with Crippen LogP contribution in [0.1, 0.15) is 33.1 Å². The Morgan fingerprint density at radius 1 is 1.38 bits per heavy atom. The number of nitrogens with zero attached hydrogens (tertiary/aromatic N) is 2. The Bertz CT molecular complexity index is 212. The molecule has 0 atom stereocenters. The minimum Gasteiger partial charge on any atom is -0.342 e. The standard InChI is InChI=1S/C12H25N3O/c1-11(2)15(9-5-6-13)10-12(16)14-7-3-4-8-14/h11H,3-10,13H2,1-2H3. The van der Waals surface area contributed by atoms with Gasteiger partial charge in [-0.2, -0.15) is 0 Å². The molecule has 0 bridgehead atoms. The molecule has 0 spiro atoms. The highest BCUT2D eigenvalue weighted by Gasteiger charge is 2.21. The summed E-state index contributed by atoms with van der Waals surface area (Å²) >= 11 is 0. The molecule has 94 valence electrons. The first-order chi connectivity index (χ1) is 7.65. The monoisotopic (exact) mass is 227 g/mol. The largest absolute Gasteiger partial charge is 0.342 e. The normalized spacial score (nSPS) is 16.4. The topological polar surface area (TPSA) is 49.6 Å². The van der Waals surface area contributed by atoms with E-state index in [0.717, 1.165) is 38.9 Å². The van der Waals surface area contributed by atoms with E-state index in [1.807, 2.05) is 4.90 Å². The fourth-order valence-electron chi connectivity index (χ4n) is 2.05. The summed E-state index contributed by atoms with van der Waals surface area (Å²) in [7, 11) is 0. The SMILES string of the molecule is CC(C)N(CCCN)CC(=O)N1CCCC1. The first kappa shape index (κ1) is 13.5. The molecule has 0 unspecified atom stereocenters. The summed E-state index contributed by atoms with van der Waals surface area (Å²) in [5, 5.41) is 0. The molecule has 1 rings (SSSR count). The number of carbonyl (C=O) groups is 1. The van der Waals surface area contributed by atoms with Crippen molar-refractivity contribution < 1.29 is 4.79 Å². The van der Waals surface area contributed by atoms with E-state index < -0.39 is 0 Å². The van der Waals surface area contributed by atoms with Gasteiger partial charge in [-0.25, -0.2) is 0 Å². The van der Waals surface area contributed by atoms with Crippen molar-refractivity contribution in [2.75, 3.05) is 32.7 Å². The van der Waals surface area contributed by atoms with Crippen LogP contribution in [0, 0.1) is 0 Å². The lowest BCUT2D eigenvalue weighted by molar-refractivity contribution is -0.131. The highest BCUT2D eigenvalue weighted by atomic mass is 16.2. The molecule has 1 aliphatic rings. The van der Waals surface area contributed by atoms with E-state index in [9.17, 15) is 4.79 Å². The maximum atomic E-state index is 12.0. The third-order valence-electron chi connectivity index (χ3n) is 3.18. The van der Waals surface area contributed by atoms with Crippen LogP contribution in [-0.2, 0) is 4.79 Å². The summed E-state index contributed by atoms with van der Waals surface area (Å²) in [6, 6.07) is 0.415. The molecule has 0 saturated carbocycles. The minimum absolute atomic E-state index is 0.281. The minimum atomic E-state index is 0.281. The zero-order valence-electron chi connectivity index (χ0n) is 10.6. The number of nitrogens with two attached hydrogens (primary N) is 1. The molecule has 2 N–H and O–H groups in total. The third kappa shape index (κ3) is 4.10. The van der Waals surface area contributed by atoms with Crippen LogP contribution in [0.15, 0.2) is 0 Å². The second-order valence-electron chi connectivity index (χ2n) is 4.79. The zero-order chi connectivity index (χ0) is 12.0. The number of carbonyl (C=O) groups excluding carboxylic acids is 1. The third-order valence-corrected chi connectivity index (χ3v) is 3.18. The highest BCUT2D eigenvalue weighted by molar-refractivity contribution is 5.78.